The van der Waals surface area contributed by atoms with Gasteiger partial charge < -0.3 is 9.57 Å². The first-order valence-electron chi connectivity index (χ1n) is 13.4. The highest BCUT2D eigenvalue weighted by molar-refractivity contribution is 7.93. The van der Waals surface area contributed by atoms with Gasteiger partial charge in [0.2, 0.25) is 0 Å². The maximum atomic E-state index is 14.0. The highest BCUT2D eigenvalue weighted by atomic mass is 32.2. The second-order valence-electron chi connectivity index (χ2n) is 9.93. The Bertz CT molecular complexity index is 2010. The van der Waals surface area contributed by atoms with Crippen molar-refractivity contribution in [2.75, 3.05) is 4.31 Å². The molecule has 0 bridgehead atoms. The first-order chi connectivity index (χ1) is 21.1. The number of carbonyl (C=O) groups is 4. The average molecular weight is 610 g/mol. The smallest absolute Gasteiger partial charge is 0.408 e. The summed E-state index contributed by atoms with van der Waals surface area (Å²) in [5.74, 6) is -2.17. The maximum Gasteiger partial charge on any atom is 0.434 e. The molecule has 5 aromatic rings. The monoisotopic (exact) mass is 609 g/mol. The molecule has 44 heavy (non-hydrogen) atoms. The van der Waals surface area contributed by atoms with Crippen LogP contribution in [0.15, 0.2) is 102 Å². The summed E-state index contributed by atoms with van der Waals surface area (Å²) in [4.78, 5) is 59.7. The second kappa shape index (κ2) is 11.2. The molecule has 1 fully saturated rings. The number of aromatic nitrogens is 1. The molecular weight excluding hydrogens is 586 g/mol. The third-order valence-corrected chi connectivity index (χ3v) is 8.68. The number of amides is 3. The molecular formula is C32H23N3O8S. The number of benzene rings is 4. The summed E-state index contributed by atoms with van der Waals surface area (Å²) in [6.07, 6.45) is -1.36. The summed E-state index contributed by atoms with van der Waals surface area (Å²) in [5, 5.41) is 1.40. The number of carbonyl (C=O) groups excluding carboxylic acids is 4. The standard InChI is InChI=1S/C32H23N3O8S/c1-20-10-16-23(17-11-20)44(40,41)35(22-14-12-21(13-15-22)31(38)43-34-28(36)18-19-29(34)37)32(39)42-30-24-6-2-4-8-26(24)33-27-9-5-3-7-25(27)30/h2-17H,18-19H2,1H3. The summed E-state index contributed by atoms with van der Waals surface area (Å²) in [6, 6.07) is 24.8. The number of hydrogen-bond donors (Lipinski definition) is 0. The van der Waals surface area contributed by atoms with E-state index in [9.17, 15) is 27.6 Å². The lowest BCUT2D eigenvalue weighted by Gasteiger charge is -2.23. The Labute approximate surface area is 251 Å². The molecule has 1 aromatic heterocycles. The third kappa shape index (κ3) is 5.22. The van der Waals surface area contributed by atoms with Gasteiger partial charge in [0.15, 0.2) is 5.75 Å². The van der Waals surface area contributed by atoms with E-state index in [1.54, 1.807) is 67.6 Å². The van der Waals surface area contributed by atoms with Crippen molar-refractivity contribution < 1.29 is 37.2 Å². The van der Waals surface area contributed by atoms with E-state index in [-0.39, 0.29) is 34.7 Å². The summed E-state index contributed by atoms with van der Waals surface area (Å²) >= 11 is 0. The van der Waals surface area contributed by atoms with E-state index in [1.807, 2.05) is 0 Å². The summed E-state index contributed by atoms with van der Waals surface area (Å²) in [5.41, 5.74) is 1.67. The number of pyridine rings is 1. The molecule has 220 valence electrons. The van der Waals surface area contributed by atoms with Crippen molar-refractivity contribution in [3.8, 4) is 5.75 Å². The number of fused-ring (bicyclic) bond motifs is 2. The van der Waals surface area contributed by atoms with Gasteiger partial charge in [0.25, 0.3) is 21.8 Å². The molecule has 0 unspecified atom stereocenters. The summed E-state index contributed by atoms with van der Waals surface area (Å²) < 4.78 is 34.3. The van der Waals surface area contributed by atoms with Crippen molar-refractivity contribution in [2.24, 2.45) is 0 Å². The minimum absolute atomic E-state index is 0.0684. The number of ether oxygens (including phenoxy) is 1. The number of rotatable bonds is 6. The Morgan fingerprint density at radius 2 is 1.32 bits per heavy atom. The van der Waals surface area contributed by atoms with Gasteiger partial charge >= 0.3 is 12.1 Å². The van der Waals surface area contributed by atoms with E-state index in [0.29, 0.717) is 31.2 Å². The van der Waals surface area contributed by atoms with Gasteiger partial charge in [-0.05, 0) is 67.6 Å². The van der Waals surface area contributed by atoms with Crippen molar-refractivity contribution in [3.05, 3.63) is 108 Å². The van der Waals surface area contributed by atoms with Crippen LogP contribution in [0.1, 0.15) is 28.8 Å². The second-order valence-corrected chi connectivity index (χ2v) is 11.7. The minimum atomic E-state index is -4.53. The van der Waals surface area contributed by atoms with Crippen LogP contribution < -0.4 is 9.04 Å². The van der Waals surface area contributed by atoms with Gasteiger partial charge in [0.1, 0.15) is 0 Å². The van der Waals surface area contributed by atoms with Crippen LogP contribution in [-0.4, -0.2) is 42.3 Å². The number of hydrogen-bond acceptors (Lipinski definition) is 9. The van der Waals surface area contributed by atoms with Gasteiger partial charge in [-0.15, -0.1) is 5.06 Å². The van der Waals surface area contributed by atoms with E-state index in [1.165, 1.54) is 36.4 Å². The molecule has 1 aliphatic rings. The molecule has 0 N–H and O–H groups in total. The zero-order valence-electron chi connectivity index (χ0n) is 23.2. The number of para-hydroxylation sites is 2. The first-order valence-corrected chi connectivity index (χ1v) is 14.9. The quantitative estimate of drug-likeness (QED) is 0.185. The van der Waals surface area contributed by atoms with Gasteiger partial charge in [-0.3, -0.25) is 9.59 Å². The molecule has 1 saturated heterocycles. The SMILES string of the molecule is Cc1ccc(S(=O)(=O)N(C(=O)Oc2c3ccccc3nc3ccccc23)c2ccc(C(=O)ON3C(=O)CCC3=O)cc2)cc1. The Hall–Kier alpha value is -5.62. The van der Waals surface area contributed by atoms with Crippen LogP contribution in [0.5, 0.6) is 5.75 Å². The molecule has 0 radical (unpaired) electrons. The molecule has 2 heterocycles. The van der Waals surface area contributed by atoms with Crippen LogP contribution >= 0.6 is 0 Å². The van der Waals surface area contributed by atoms with Crippen LogP contribution in [0.2, 0.25) is 0 Å². The number of imide groups is 1. The highest BCUT2D eigenvalue weighted by Gasteiger charge is 2.35. The number of sulfonamides is 1. The largest absolute Gasteiger partial charge is 0.434 e. The van der Waals surface area contributed by atoms with Crippen molar-refractivity contribution >= 4 is 61.4 Å². The van der Waals surface area contributed by atoms with Gasteiger partial charge in [0.05, 0.1) is 27.2 Å². The van der Waals surface area contributed by atoms with E-state index < -0.39 is 33.9 Å². The van der Waals surface area contributed by atoms with Crippen LogP contribution in [0.4, 0.5) is 10.5 Å². The lowest BCUT2D eigenvalue weighted by Crippen LogP contribution is -2.39. The lowest BCUT2D eigenvalue weighted by atomic mass is 10.1. The molecule has 3 amide bonds. The number of hydroxylamine groups is 2. The fourth-order valence-corrected chi connectivity index (χ4v) is 6.05. The molecule has 4 aromatic carbocycles. The summed E-state index contributed by atoms with van der Waals surface area (Å²) in [6.45, 7) is 1.79. The molecule has 11 nitrogen and oxygen atoms in total. The summed E-state index contributed by atoms with van der Waals surface area (Å²) in [7, 11) is -4.53. The van der Waals surface area contributed by atoms with E-state index in [4.69, 9.17) is 9.57 Å². The molecule has 0 spiro atoms. The Morgan fingerprint density at radius 3 is 1.89 bits per heavy atom. The predicted octanol–water partition coefficient (Wildman–Crippen LogP) is 5.31. The fourth-order valence-electron chi connectivity index (χ4n) is 4.72. The number of nitrogens with zero attached hydrogens (tertiary/aromatic N) is 3. The normalized spacial score (nSPS) is 13.3. The Kier molecular flexibility index (Phi) is 7.27. The number of anilines is 1. The van der Waals surface area contributed by atoms with E-state index in [2.05, 4.69) is 4.98 Å². The zero-order valence-corrected chi connectivity index (χ0v) is 24.0. The van der Waals surface area contributed by atoms with Crippen LogP contribution in [0.3, 0.4) is 0 Å². The molecule has 12 heteroatoms. The highest BCUT2D eigenvalue weighted by Crippen LogP contribution is 2.35. The van der Waals surface area contributed by atoms with Crippen molar-refractivity contribution in [1.82, 2.24) is 10.0 Å². The maximum absolute atomic E-state index is 14.0. The predicted molar refractivity (Wildman–Crippen MR) is 159 cm³/mol. The number of aryl methyl sites for hydroxylation is 1. The van der Waals surface area contributed by atoms with Crippen LogP contribution in [-0.2, 0) is 24.4 Å². The van der Waals surface area contributed by atoms with Crippen molar-refractivity contribution in [1.29, 1.82) is 0 Å². The first kappa shape index (κ1) is 28.5. The van der Waals surface area contributed by atoms with Crippen LogP contribution in [0.25, 0.3) is 21.8 Å². The third-order valence-electron chi connectivity index (χ3n) is 6.97. The van der Waals surface area contributed by atoms with Gasteiger partial charge in [-0.2, -0.15) is 4.31 Å². The molecule has 6 rings (SSSR count). The molecule has 1 aliphatic heterocycles. The van der Waals surface area contributed by atoms with E-state index >= 15 is 0 Å². The van der Waals surface area contributed by atoms with E-state index in [0.717, 1.165) is 5.56 Å². The minimum Gasteiger partial charge on any atom is -0.408 e. The van der Waals surface area contributed by atoms with Gasteiger partial charge in [-0.25, -0.2) is 23.0 Å². The fraction of sp³-hybridized carbons (Fsp3) is 0.0938. The molecule has 0 aliphatic carbocycles. The van der Waals surface area contributed by atoms with Gasteiger partial charge in [-0.1, -0.05) is 42.0 Å². The van der Waals surface area contributed by atoms with Crippen LogP contribution in [0, 0.1) is 6.92 Å². The topological polar surface area (TPSA) is 140 Å². The molecule has 0 saturated carbocycles. The average Bonchev–Trinajstić information content (AvgIpc) is 3.33. The Balaban J connectivity index is 1.40. The zero-order chi connectivity index (χ0) is 31.0. The Morgan fingerprint density at radius 1 is 0.773 bits per heavy atom. The van der Waals surface area contributed by atoms with Crippen molar-refractivity contribution in [2.45, 2.75) is 24.7 Å². The molecule has 0 atom stereocenters. The lowest BCUT2D eigenvalue weighted by molar-refractivity contribution is -0.172. The van der Waals surface area contributed by atoms with Crippen molar-refractivity contribution in [3.63, 3.8) is 0 Å². The van der Waals surface area contributed by atoms with Gasteiger partial charge in [0, 0.05) is 23.6 Å².